The van der Waals surface area contributed by atoms with Crippen molar-refractivity contribution in [2.45, 2.75) is 33.2 Å². The van der Waals surface area contributed by atoms with E-state index < -0.39 is 12.0 Å². The minimum absolute atomic E-state index is 0.268. The molecule has 0 rings (SSSR count). The molecule has 2 N–H and O–H groups in total. The summed E-state index contributed by atoms with van der Waals surface area (Å²) >= 11 is 1.55. The van der Waals surface area contributed by atoms with Gasteiger partial charge in [-0.15, -0.1) is 0 Å². The Balaban J connectivity index is 3.72. The van der Waals surface area contributed by atoms with Crippen LogP contribution in [-0.4, -0.2) is 35.0 Å². The average molecular weight is 233 g/mol. The summed E-state index contributed by atoms with van der Waals surface area (Å²) in [5, 5.41) is 11.0. The maximum atomic E-state index is 10.6. The number of nitrogens with one attached hydrogen (secondary N) is 1. The molecule has 0 radical (unpaired) electrons. The fraction of sp³-hybridized carbons (Fsp3) is 0.800. The molecule has 0 aromatic carbocycles. The fourth-order valence-corrected chi connectivity index (χ4v) is 2.25. The lowest BCUT2D eigenvalue weighted by Crippen LogP contribution is -2.37. The maximum absolute atomic E-state index is 10.6. The van der Waals surface area contributed by atoms with Gasteiger partial charge in [-0.25, -0.2) is 4.79 Å². The first-order valence-corrected chi connectivity index (χ1v) is 6.02. The molecule has 88 valence electrons. The van der Waals surface area contributed by atoms with Crippen molar-refractivity contribution in [3.05, 3.63) is 0 Å². The SMILES string of the molecule is CC(C)(C)CCSCC(NC=O)C(=O)O. The second-order valence-electron chi connectivity index (χ2n) is 4.56. The number of thioether (sulfide) groups is 1. The monoisotopic (exact) mass is 233 g/mol. The van der Waals surface area contributed by atoms with Crippen LogP contribution in [0.1, 0.15) is 27.2 Å². The van der Waals surface area contributed by atoms with Gasteiger partial charge in [0.05, 0.1) is 0 Å². The smallest absolute Gasteiger partial charge is 0.327 e. The number of rotatable bonds is 7. The van der Waals surface area contributed by atoms with Crippen molar-refractivity contribution in [2.75, 3.05) is 11.5 Å². The van der Waals surface area contributed by atoms with Crippen molar-refractivity contribution in [1.82, 2.24) is 5.32 Å². The van der Waals surface area contributed by atoms with Gasteiger partial charge in [0.15, 0.2) is 0 Å². The van der Waals surface area contributed by atoms with Gasteiger partial charge in [0.2, 0.25) is 6.41 Å². The molecular weight excluding hydrogens is 214 g/mol. The van der Waals surface area contributed by atoms with Gasteiger partial charge >= 0.3 is 5.97 Å². The largest absolute Gasteiger partial charge is 0.480 e. The molecule has 0 aromatic heterocycles. The molecule has 5 heteroatoms. The molecule has 0 fully saturated rings. The Kier molecular flexibility index (Phi) is 6.40. The highest BCUT2D eigenvalue weighted by atomic mass is 32.2. The first kappa shape index (κ1) is 14.3. The highest BCUT2D eigenvalue weighted by molar-refractivity contribution is 7.99. The minimum Gasteiger partial charge on any atom is -0.480 e. The highest BCUT2D eigenvalue weighted by Gasteiger charge is 2.16. The van der Waals surface area contributed by atoms with Gasteiger partial charge in [0.25, 0.3) is 0 Å². The van der Waals surface area contributed by atoms with Gasteiger partial charge in [0.1, 0.15) is 6.04 Å². The van der Waals surface area contributed by atoms with Crippen molar-refractivity contribution in [1.29, 1.82) is 0 Å². The van der Waals surface area contributed by atoms with Crippen LogP contribution in [0.15, 0.2) is 0 Å². The summed E-state index contributed by atoms with van der Waals surface area (Å²) in [4.78, 5) is 20.8. The Bertz CT molecular complexity index is 213. The summed E-state index contributed by atoms with van der Waals surface area (Å²) in [7, 11) is 0. The van der Waals surface area contributed by atoms with Crippen LogP contribution in [0.3, 0.4) is 0 Å². The van der Waals surface area contributed by atoms with E-state index in [4.69, 9.17) is 5.11 Å². The van der Waals surface area contributed by atoms with Crippen LogP contribution in [0.2, 0.25) is 0 Å². The highest BCUT2D eigenvalue weighted by Crippen LogP contribution is 2.21. The Morgan fingerprint density at radius 3 is 2.53 bits per heavy atom. The quantitative estimate of drug-likeness (QED) is 0.514. The molecule has 0 aliphatic rings. The van der Waals surface area contributed by atoms with Gasteiger partial charge in [-0.1, -0.05) is 20.8 Å². The molecule has 0 aliphatic heterocycles. The molecular formula is C10H19NO3S. The van der Waals surface area contributed by atoms with Crippen LogP contribution in [0, 0.1) is 5.41 Å². The standard InChI is InChI=1S/C10H19NO3S/c1-10(2,3)4-5-15-6-8(9(13)14)11-7-12/h7-8H,4-6H2,1-3H3,(H,11,12)(H,13,14). The predicted molar refractivity (Wildman–Crippen MR) is 62.0 cm³/mol. The second-order valence-corrected chi connectivity index (χ2v) is 5.71. The molecule has 0 aromatic rings. The number of hydrogen-bond donors (Lipinski definition) is 2. The van der Waals surface area contributed by atoms with E-state index in [1.165, 1.54) is 0 Å². The van der Waals surface area contributed by atoms with E-state index in [0.29, 0.717) is 12.2 Å². The zero-order valence-corrected chi connectivity index (χ0v) is 10.3. The molecule has 0 aliphatic carbocycles. The zero-order chi connectivity index (χ0) is 11.9. The molecule has 0 saturated heterocycles. The first-order chi connectivity index (χ1) is 6.87. The predicted octanol–water partition coefficient (Wildman–Crippen LogP) is 1.35. The molecule has 4 nitrogen and oxygen atoms in total. The van der Waals surface area contributed by atoms with Crippen molar-refractivity contribution < 1.29 is 14.7 Å². The van der Waals surface area contributed by atoms with Crippen LogP contribution in [0.25, 0.3) is 0 Å². The number of amides is 1. The molecule has 0 spiro atoms. The topological polar surface area (TPSA) is 66.4 Å². The van der Waals surface area contributed by atoms with Crippen LogP contribution >= 0.6 is 11.8 Å². The van der Waals surface area contributed by atoms with E-state index in [1.807, 2.05) is 0 Å². The lowest BCUT2D eigenvalue weighted by atomic mass is 9.94. The molecule has 0 heterocycles. The van der Waals surface area contributed by atoms with Crippen LogP contribution in [0.4, 0.5) is 0 Å². The van der Waals surface area contributed by atoms with Gasteiger partial charge in [-0.2, -0.15) is 11.8 Å². The lowest BCUT2D eigenvalue weighted by molar-refractivity contribution is -0.139. The van der Waals surface area contributed by atoms with Crippen molar-refractivity contribution >= 4 is 24.1 Å². The van der Waals surface area contributed by atoms with Gasteiger partial charge in [-0.05, 0) is 17.6 Å². The van der Waals surface area contributed by atoms with E-state index in [1.54, 1.807) is 11.8 Å². The Labute approximate surface area is 94.8 Å². The van der Waals surface area contributed by atoms with E-state index in [0.717, 1.165) is 12.2 Å². The molecule has 15 heavy (non-hydrogen) atoms. The summed E-state index contributed by atoms with van der Waals surface area (Å²) in [5.41, 5.74) is 0.268. The summed E-state index contributed by atoms with van der Waals surface area (Å²) in [6.45, 7) is 6.43. The van der Waals surface area contributed by atoms with Gasteiger partial charge in [0, 0.05) is 5.75 Å². The third kappa shape index (κ3) is 8.30. The Morgan fingerprint density at radius 2 is 2.13 bits per heavy atom. The first-order valence-electron chi connectivity index (χ1n) is 4.87. The molecule has 0 saturated carbocycles. The fourth-order valence-electron chi connectivity index (χ4n) is 0.852. The van der Waals surface area contributed by atoms with E-state index >= 15 is 0 Å². The molecule has 0 bridgehead atoms. The third-order valence-electron chi connectivity index (χ3n) is 1.85. The number of carboxylic acids is 1. The average Bonchev–Trinajstić information content (AvgIpc) is 2.08. The van der Waals surface area contributed by atoms with Gasteiger partial charge < -0.3 is 10.4 Å². The maximum Gasteiger partial charge on any atom is 0.327 e. The normalized spacial score (nSPS) is 13.3. The molecule has 1 atom stereocenters. The molecule has 1 unspecified atom stereocenters. The van der Waals surface area contributed by atoms with Crippen molar-refractivity contribution in [2.24, 2.45) is 5.41 Å². The minimum atomic E-state index is -0.981. The van der Waals surface area contributed by atoms with Gasteiger partial charge in [-0.3, -0.25) is 4.79 Å². The van der Waals surface area contributed by atoms with E-state index in [-0.39, 0.29) is 5.41 Å². The van der Waals surface area contributed by atoms with Crippen LogP contribution in [-0.2, 0) is 9.59 Å². The number of aliphatic carboxylic acids is 1. The Hall–Kier alpha value is -0.710. The summed E-state index contributed by atoms with van der Waals surface area (Å²) in [5.74, 6) is 0.350. The summed E-state index contributed by atoms with van der Waals surface area (Å²) < 4.78 is 0. The number of carbonyl (C=O) groups excluding carboxylic acids is 1. The second kappa shape index (κ2) is 6.71. The number of hydrogen-bond acceptors (Lipinski definition) is 3. The zero-order valence-electron chi connectivity index (χ0n) is 9.45. The van der Waals surface area contributed by atoms with Crippen molar-refractivity contribution in [3.8, 4) is 0 Å². The number of carbonyl (C=O) groups is 2. The van der Waals surface area contributed by atoms with E-state index in [2.05, 4.69) is 26.1 Å². The summed E-state index contributed by atoms with van der Waals surface area (Å²) in [6.07, 6.45) is 1.47. The molecule has 1 amide bonds. The van der Waals surface area contributed by atoms with Crippen LogP contribution in [0.5, 0.6) is 0 Å². The van der Waals surface area contributed by atoms with Crippen LogP contribution < -0.4 is 5.32 Å². The summed E-state index contributed by atoms with van der Waals surface area (Å²) in [6, 6.07) is -0.771. The lowest BCUT2D eigenvalue weighted by Gasteiger charge is -2.18. The van der Waals surface area contributed by atoms with Crippen molar-refractivity contribution in [3.63, 3.8) is 0 Å². The Morgan fingerprint density at radius 1 is 1.53 bits per heavy atom. The number of carboxylic acid groups (broad SMARTS) is 1. The third-order valence-corrected chi connectivity index (χ3v) is 2.91. The van der Waals surface area contributed by atoms with E-state index in [9.17, 15) is 9.59 Å².